The fourth-order valence-corrected chi connectivity index (χ4v) is 3.76. The number of piperazine rings is 1. The highest BCUT2D eigenvalue weighted by Gasteiger charge is 2.25. The van der Waals surface area contributed by atoms with Crippen molar-refractivity contribution in [2.45, 2.75) is 25.5 Å². The van der Waals surface area contributed by atoms with Crippen molar-refractivity contribution in [1.29, 1.82) is 0 Å². The van der Waals surface area contributed by atoms with Gasteiger partial charge in [0.05, 0.1) is 11.7 Å². The Balaban J connectivity index is 1.33. The molecular formula is C22H27N3O3. The van der Waals surface area contributed by atoms with Crippen molar-refractivity contribution in [3.05, 3.63) is 59.9 Å². The van der Waals surface area contributed by atoms with E-state index in [-0.39, 0.29) is 12.0 Å². The topological polar surface area (TPSA) is 54.9 Å². The van der Waals surface area contributed by atoms with Crippen LogP contribution >= 0.6 is 0 Å². The van der Waals surface area contributed by atoms with Gasteiger partial charge in [-0.25, -0.2) is 0 Å². The summed E-state index contributed by atoms with van der Waals surface area (Å²) < 4.78 is 11.6. The number of amides is 1. The van der Waals surface area contributed by atoms with Crippen molar-refractivity contribution in [1.82, 2.24) is 14.8 Å². The summed E-state index contributed by atoms with van der Waals surface area (Å²) in [6.07, 6.45) is 5.93. The summed E-state index contributed by atoms with van der Waals surface area (Å²) in [5.41, 5.74) is 1.84. The van der Waals surface area contributed by atoms with Gasteiger partial charge in [0.25, 0.3) is 5.91 Å². The Morgan fingerprint density at radius 3 is 2.75 bits per heavy atom. The van der Waals surface area contributed by atoms with Crippen LogP contribution in [0.2, 0.25) is 0 Å². The maximum Gasteiger partial charge on any atom is 0.257 e. The number of aromatic nitrogens is 1. The van der Waals surface area contributed by atoms with Gasteiger partial charge in [0, 0.05) is 51.7 Å². The molecule has 0 radical (unpaired) electrons. The Morgan fingerprint density at radius 2 is 2.00 bits per heavy atom. The number of carbonyl (C=O) groups excluding carboxylic acids is 1. The minimum atomic E-state index is 0.0453. The third-order valence-electron chi connectivity index (χ3n) is 5.35. The van der Waals surface area contributed by atoms with Crippen molar-refractivity contribution in [2.75, 3.05) is 39.4 Å². The largest absolute Gasteiger partial charge is 0.490 e. The second kappa shape index (κ2) is 9.17. The van der Waals surface area contributed by atoms with E-state index >= 15 is 0 Å². The van der Waals surface area contributed by atoms with Crippen LogP contribution in [0, 0.1) is 0 Å². The van der Waals surface area contributed by atoms with Crippen LogP contribution in [0.1, 0.15) is 28.8 Å². The molecule has 6 heteroatoms. The van der Waals surface area contributed by atoms with Gasteiger partial charge < -0.3 is 14.4 Å². The average Bonchev–Trinajstić information content (AvgIpc) is 3.27. The van der Waals surface area contributed by atoms with Gasteiger partial charge in [0.1, 0.15) is 12.4 Å². The van der Waals surface area contributed by atoms with Crippen LogP contribution in [0.4, 0.5) is 0 Å². The van der Waals surface area contributed by atoms with Gasteiger partial charge in [0.15, 0.2) is 0 Å². The number of hydrogen-bond donors (Lipinski definition) is 0. The molecule has 1 atom stereocenters. The van der Waals surface area contributed by atoms with E-state index in [1.54, 1.807) is 6.20 Å². The SMILES string of the molecule is O=C(c1ccccc1OCC1CCCO1)N1CCN(Cc2cccnc2)CC1. The third kappa shape index (κ3) is 4.69. The number of para-hydroxylation sites is 1. The van der Waals surface area contributed by atoms with Gasteiger partial charge in [-0.1, -0.05) is 18.2 Å². The molecule has 2 saturated heterocycles. The summed E-state index contributed by atoms with van der Waals surface area (Å²) in [4.78, 5) is 21.5. The summed E-state index contributed by atoms with van der Waals surface area (Å²) >= 11 is 0. The van der Waals surface area contributed by atoms with Crippen LogP contribution in [0.25, 0.3) is 0 Å². The smallest absolute Gasteiger partial charge is 0.257 e. The normalized spacial score (nSPS) is 20.3. The Bertz CT molecular complexity index is 770. The molecule has 1 amide bonds. The number of pyridine rings is 1. The third-order valence-corrected chi connectivity index (χ3v) is 5.35. The number of rotatable bonds is 6. The van der Waals surface area contributed by atoms with E-state index in [9.17, 15) is 4.79 Å². The van der Waals surface area contributed by atoms with Gasteiger partial charge >= 0.3 is 0 Å². The van der Waals surface area contributed by atoms with Crippen molar-refractivity contribution < 1.29 is 14.3 Å². The molecule has 1 aromatic heterocycles. The lowest BCUT2D eigenvalue weighted by molar-refractivity contribution is 0.0593. The van der Waals surface area contributed by atoms with Crippen LogP contribution in [-0.4, -0.2) is 66.2 Å². The molecular weight excluding hydrogens is 354 g/mol. The average molecular weight is 381 g/mol. The lowest BCUT2D eigenvalue weighted by Gasteiger charge is -2.35. The van der Waals surface area contributed by atoms with Crippen LogP contribution in [0.5, 0.6) is 5.75 Å². The number of ether oxygens (including phenoxy) is 2. The molecule has 0 aliphatic carbocycles. The number of carbonyl (C=O) groups is 1. The Morgan fingerprint density at radius 1 is 1.14 bits per heavy atom. The first-order valence-corrected chi connectivity index (χ1v) is 10.0. The van der Waals surface area contributed by atoms with Gasteiger partial charge in [-0.3, -0.25) is 14.7 Å². The van der Waals surface area contributed by atoms with E-state index < -0.39 is 0 Å². The predicted molar refractivity (Wildman–Crippen MR) is 106 cm³/mol. The molecule has 4 rings (SSSR count). The monoisotopic (exact) mass is 381 g/mol. The van der Waals surface area contributed by atoms with Crippen LogP contribution < -0.4 is 4.74 Å². The molecule has 2 aromatic rings. The summed E-state index contributed by atoms with van der Waals surface area (Å²) in [7, 11) is 0. The predicted octanol–water partition coefficient (Wildman–Crippen LogP) is 2.60. The van der Waals surface area contributed by atoms with Gasteiger partial charge in [0.2, 0.25) is 0 Å². The molecule has 0 bridgehead atoms. The Labute approximate surface area is 166 Å². The molecule has 2 fully saturated rings. The van der Waals surface area contributed by atoms with Crippen molar-refractivity contribution in [2.24, 2.45) is 0 Å². The standard InChI is InChI=1S/C22H27N3O3/c26-22(20-7-1-2-8-21(20)28-17-19-6-4-14-27-19)25-12-10-24(11-13-25)16-18-5-3-9-23-15-18/h1-3,5,7-9,15,19H,4,6,10-14,16-17H2. The zero-order chi connectivity index (χ0) is 19.2. The first-order chi connectivity index (χ1) is 13.8. The molecule has 28 heavy (non-hydrogen) atoms. The quantitative estimate of drug-likeness (QED) is 0.770. The van der Waals surface area contributed by atoms with Crippen LogP contribution in [-0.2, 0) is 11.3 Å². The maximum atomic E-state index is 13.1. The lowest BCUT2D eigenvalue weighted by Crippen LogP contribution is -2.48. The molecule has 3 heterocycles. The highest BCUT2D eigenvalue weighted by atomic mass is 16.5. The molecule has 1 unspecified atom stereocenters. The minimum absolute atomic E-state index is 0.0453. The number of hydrogen-bond acceptors (Lipinski definition) is 5. The minimum Gasteiger partial charge on any atom is -0.490 e. The maximum absolute atomic E-state index is 13.1. The van der Waals surface area contributed by atoms with Gasteiger partial charge in [-0.05, 0) is 36.6 Å². The second-order valence-electron chi connectivity index (χ2n) is 7.37. The van der Waals surface area contributed by atoms with E-state index in [1.807, 2.05) is 41.4 Å². The van der Waals surface area contributed by atoms with E-state index in [4.69, 9.17) is 9.47 Å². The highest BCUT2D eigenvalue weighted by molar-refractivity contribution is 5.97. The highest BCUT2D eigenvalue weighted by Crippen LogP contribution is 2.22. The van der Waals surface area contributed by atoms with E-state index in [2.05, 4.69) is 16.0 Å². The zero-order valence-electron chi connectivity index (χ0n) is 16.1. The molecule has 0 spiro atoms. The molecule has 0 N–H and O–H groups in total. The fraction of sp³-hybridized carbons (Fsp3) is 0.455. The summed E-state index contributed by atoms with van der Waals surface area (Å²) in [5.74, 6) is 0.699. The number of nitrogens with zero attached hydrogens (tertiary/aromatic N) is 3. The Kier molecular flexibility index (Phi) is 6.19. The molecule has 148 valence electrons. The Hall–Kier alpha value is -2.44. The van der Waals surface area contributed by atoms with E-state index in [1.165, 1.54) is 5.56 Å². The summed E-state index contributed by atoms with van der Waals surface area (Å²) in [6, 6.07) is 11.6. The zero-order valence-corrected chi connectivity index (χ0v) is 16.1. The molecule has 6 nitrogen and oxygen atoms in total. The summed E-state index contributed by atoms with van der Waals surface area (Å²) in [5, 5.41) is 0. The second-order valence-corrected chi connectivity index (χ2v) is 7.37. The van der Waals surface area contributed by atoms with Crippen LogP contribution in [0.15, 0.2) is 48.8 Å². The van der Waals surface area contributed by atoms with Crippen LogP contribution in [0.3, 0.4) is 0 Å². The molecule has 2 aliphatic heterocycles. The summed E-state index contributed by atoms with van der Waals surface area (Å²) in [6.45, 7) is 5.34. The van der Waals surface area contributed by atoms with E-state index in [0.29, 0.717) is 17.9 Å². The molecule has 2 aliphatic rings. The fourth-order valence-electron chi connectivity index (χ4n) is 3.76. The van der Waals surface area contributed by atoms with Gasteiger partial charge in [-0.15, -0.1) is 0 Å². The van der Waals surface area contributed by atoms with Gasteiger partial charge in [-0.2, -0.15) is 0 Å². The van der Waals surface area contributed by atoms with Crippen molar-refractivity contribution in [3.8, 4) is 5.75 Å². The molecule has 1 aromatic carbocycles. The van der Waals surface area contributed by atoms with Crippen molar-refractivity contribution >= 4 is 5.91 Å². The first-order valence-electron chi connectivity index (χ1n) is 10.0. The van der Waals surface area contributed by atoms with E-state index in [0.717, 1.165) is 52.2 Å². The first kappa shape index (κ1) is 18.9. The van der Waals surface area contributed by atoms with Crippen molar-refractivity contribution in [3.63, 3.8) is 0 Å². The number of benzene rings is 1. The molecule has 0 saturated carbocycles. The lowest BCUT2D eigenvalue weighted by atomic mass is 10.1.